The molecule has 0 radical (unpaired) electrons. The van der Waals surface area contributed by atoms with Gasteiger partial charge in [-0.2, -0.15) is 17.5 Å². The number of amides is 1. The van der Waals surface area contributed by atoms with Crippen LogP contribution >= 0.6 is 23.2 Å². The normalized spacial score (nSPS) is 20.8. The molecule has 2 aromatic rings. The summed E-state index contributed by atoms with van der Waals surface area (Å²) in [5.74, 6) is 0.696. The standard InChI is InChI=1S/C30H38Cl2F3N3O4S/c1-37(43(40,41)29-25(31)17-24(18-26(29)32)30(33,34)35)15-16-42-20-27(39)36-19-21-9-11-23(12-10-21)28(38-13-5-6-14-38)22-7-3-2-4-8-22/h2-4,7-8,17-18,21,23,28H,5-6,9-16,19-20H2,1H3,(H,36,39). The van der Waals surface area contributed by atoms with E-state index in [4.69, 9.17) is 27.9 Å². The second-order valence-corrected chi connectivity index (χ2v) is 14.1. The predicted octanol–water partition coefficient (Wildman–Crippen LogP) is 6.41. The van der Waals surface area contributed by atoms with Gasteiger partial charge in [0.2, 0.25) is 15.9 Å². The lowest BCUT2D eigenvalue weighted by Gasteiger charge is -2.39. The predicted molar refractivity (Wildman–Crippen MR) is 161 cm³/mol. The van der Waals surface area contributed by atoms with E-state index >= 15 is 0 Å². The summed E-state index contributed by atoms with van der Waals surface area (Å²) in [4.78, 5) is 14.4. The molecular formula is C30H38Cl2F3N3O4S. The topological polar surface area (TPSA) is 79.0 Å². The molecule has 1 aliphatic heterocycles. The lowest BCUT2D eigenvalue weighted by molar-refractivity contribution is -0.137. The lowest BCUT2D eigenvalue weighted by Crippen LogP contribution is -2.37. The third-order valence-corrected chi connectivity index (χ3v) is 11.2. The smallest absolute Gasteiger partial charge is 0.370 e. The van der Waals surface area contributed by atoms with E-state index < -0.39 is 36.7 Å². The van der Waals surface area contributed by atoms with Crippen LogP contribution in [0.4, 0.5) is 13.2 Å². The monoisotopic (exact) mass is 663 g/mol. The van der Waals surface area contributed by atoms with E-state index in [2.05, 4.69) is 40.5 Å². The molecule has 13 heteroatoms. The van der Waals surface area contributed by atoms with Crippen LogP contribution < -0.4 is 5.32 Å². The maximum Gasteiger partial charge on any atom is 0.416 e. The van der Waals surface area contributed by atoms with Crippen LogP contribution in [0.2, 0.25) is 10.0 Å². The molecule has 2 aliphatic rings. The van der Waals surface area contributed by atoms with E-state index in [9.17, 15) is 26.4 Å². The first-order valence-corrected chi connectivity index (χ1v) is 16.7. The quantitative estimate of drug-likeness (QED) is 0.266. The number of sulfonamides is 1. The molecule has 1 heterocycles. The van der Waals surface area contributed by atoms with E-state index in [0.29, 0.717) is 36.6 Å². The Labute approximate surface area is 261 Å². The molecule has 1 aliphatic carbocycles. The number of likely N-dealkylation sites (N-methyl/N-ethyl adjacent to an activating group) is 1. The van der Waals surface area contributed by atoms with Crippen molar-refractivity contribution in [2.24, 2.45) is 11.8 Å². The van der Waals surface area contributed by atoms with Crippen molar-refractivity contribution in [3.63, 3.8) is 0 Å². The van der Waals surface area contributed by atoms with Crippen LogP contribution in [0.3, 0.4) is 0 Å². The molecule has 1 amide bonds. The Hall–Kier alpha value is -1.89. The molecule has 2 fully saturated rings. The van der Waals surface area contributed by atoms with Crippen LogP contribution in [0, 0.1) is 11.8 Å². The number of alkyl halides is 3. The lowest BCUT2D eigenvalue weighted by atomic mass is 9.76. The van der Waals surface area contributed by atoms with E-state index in [1.165, 1.54) is 25.5 Å². The summed E-state index contributed by atoms with van der Waals surface area (Å²) in [6.45, 7) is 2.35. The molecule has 2 aromatic carbocycles. The first-order valence-electron chi connectivity index (χ1n) is 14.5. The fourth-order valence-electron chi connectivity index (χ4n) is 6.07. The largest absolute Gasteiger partial charge is 0.416 e. The number of likely N-dealkylation sites (tertiary alicyclic amines) is 1. The van der Waals surface area contributed by atoms with Crippen molar-refractivity contribution < 1.29 is 31.1 Å². The van der Waals surface area contributed by atoms with Crippen molar-refractivity contribution in [3.8, 4) is 0 Å². The Bertz CT molecular complexity index is 1310. The number of halogens is 5. The Morgan fingerprint density at radius 3 is 2.26 bits per heavy atom. The Balaban J connectivity index is 1.19. The first-order chi connectivity index (χ1) is 20.4. The van der Waals surface area contributed by atoms with Gasteiger partial charge in [-0.3, -0.25) is 9.69 Å². The molecule has 1 saturated heterocycles. The number of nitrogens with zero attached hydrogens (tertiary/aromatic N) is 2. The third kappa shape index (κ3) is 8.85. The second-order valence-electron chi connectivity index (χ2n) is 11.3. The van der Waals surface area contributed by atoms with Crippen LogP contribution in [0.5, 0.6) is 0 Å². The maximum atomic E-state index is 13.0. The summed E-state index contributed by atoms with van der Waals surface area (Å²) in [6.07, 6.45) is 2.08. The van der Waals surface area contributed by atoms with E-state index in [0.717, 1.165) is 43.1 Å². The highest BCUT2D eigenvalue weighted by Gasteiger charge is 2.36. The molecule has 238 valence electrons. The van der Waals surface area contributed by atoms with Crippen molar-refractivity contribution in [2.75, 3.05) is 46.4 Å². The minimum atomic E-state index is -4.73. The molecular weight excluding hydrogens is 626 g/mol. The van der Waals surface area contributed by atoms with Gasteiger partial charge in [0, 0.05) is 26.2 Å². The SMILES string of the molecule is CN(CCOCC(=O)NCC1CCC(C(c2ccccc2)N2CCCC2)CC1)S(=O)(=O)c1c(Cl)cc(C(F)(F)F)cc1Cl. The van der Waals surface area contributed by atoms with Gasteiger partial charge in [0.1, 0.15) is 11.5 Å². The van der Waals surface area contributed by atoms with Gasteiger partial charge in [-0.15, -0.1) is 0 Å². The van der Waals surface area contributed by atoms with E-state index in [1.807, 2.05) is 0 Å². The summed E-state index contributed by atoms with van der Waals surface area (Å²) < 4.78 is 71.0. The summed E-state index contributed by atoms with van der Waals surface area (Å²) in [5, 5.41) is 1.66. The van der Waals surface area contributed by atoms with Gasteiger partial charge in [-0.1, -0.05) is 53.5 Å². The number of nitrogens with one attached hydrogen (secondary N) is 1. The van der Waals surface area contributed by atoms with E-state index in [1.54, 1.807) is 0 Å². The summed E-state index contributed by atoms with van der Waals surface area (Å²) >= 11 is 11.8. The summed E-state index contributed by atoms with van der Waals surface area (Å²) in [7, 11) is -3.08. The fourth-order valence-corrected chi connectivity index (χ4v) is 8.38. The molecule has 7 nitrogen and oxygen atoms in total. The number of hydrogen-bond donors (Lipinski definition) is 1. The molecule has 0 bridgehead atoms. The minimum Gasteiger partial charge on any atom is -0.370 e. The van der Waals surface area contributed by atoms with Crippen molar-refractivity contribution >= 4 is 39.1 Å². The van der Waals surface area contributed by atoms with Crippen molar-refractivity contribution in [2.45, 2.75) is 55.6 Å². The average molecular weight is 665 g/mol. The second kappa shape index (κ2) is 14.9. The van der Waals surface area contributed by atoms with E-state index in [-0.39, 0.29) is 25.7 Å². The van der Waals surface area contributed by atoms with Gasteiger partial charge < -0.3 is 10.1 Å². The van der Waals surface area contributed by atoms with Crippen LogP contribution in [0.1, 0.15) is 55.7 Å². The zero-order valence-electron chi connectivity index (χ0n) is 24.1. The van der Waals surface area contributed by atoms with Crippen molar-refractivity contribution in [1.29, 1.82) is 0 Å². The van der Waals surface area contributed by atoms with Crippen LogP contribution in [0.25, 0.3) is 0 Å². The van der Waals surface area contributed by atoms with Crippen molar-refractivity contribution in [3.05, 3.63) is 63.6 Å². The van der Waals surface area contributed by atoms with Crippen LogP contribution in [0.15, 0.2) is 47.4 Å². The first kappa shape index (κ1) is 34.0. The van der Waals surface area contributed by atoms with Crippen LogP contribution in [-0.2, 0) is 25.7 Å². The molecule has 1 unspecified atom stereocenters. The third-order valence-electron chi connectivity index (χ3n) is 8.38. The zero-order valence-corrected chi connectivity index (χ0v) is 26.4. The number of ether oxygens (including phenoxy) is 1. The number of carbonyl (C=O) groups excluding carboxylic acids is 1. The van der Waals surface area contributed by atoms with Crippen molar-refractivity contribution in [1.82, 2.24) is 14.5 Å². The number of rotatable bonds is 12. The minimum absolute atomic E-state index is 0.110. The van der Waals surface area contributed by atoms with Gasteiger partial charge in [0.15, 0.2) is 0 Å². The average Bonchev–Trinajstić information content (AvgIpc) is 3.49. The van der Waals surface area contributed by atoms with Crippen LogP contribution in [-0.4, -0.2) is 70.0 Å². The van der Waals surface area contributed by atoms with Gasteiger partial charge in [-0.25, -0.2) is 8.42 Å². The molecule has 0 aromatic heterocycles. The Kier molecular flexibility index (Phi) is 11.8. The summed E-state index contributed by atoms with van der Waals surface area (Å²) in [5.41, 5.74) is 0.243. The molecule has 1 atom stereocenters. The number of benzene rings is 2. The van der Waals surface area contributed by atoms with Gasteiger partial charge >= 0.3 is 6.18 Å². The van der Waals surface area contributed by atoms with Gasteiger partial charge in [0.05, 0.1) is 22.2 Å². The number of hydrogen-bond acceptors (Lipinski definition) is 5. The molecule has 43 heavy (non-hydrogen) atoms. The molecule has 4 rings (SSSR count). The maximum absolute atomic E-state index is 13.0. The fraction of sp³-hybridized carbons (Fsp3) is 0.567. The Morgan fingerprint density at radius 2 is 1.67 bits per heavy atom. The molecule has 0 spiro atoms. The van der Waals surface area contributed by atoms with Gasteiger partial charge in [-0.05, 0) is 81.1 Å². The molecule has 1 N–H and O–H groups in total. The highest BCUT2D eigenvalue weighted by molar-refractivity contribution is 7.89. The zero-order chi connectivity index (χ0) is 31.2. The van der Waals surface area contributed by atoms with Gasteiger partial charge in [0.25, 0.3) is 0 Å². The Morgan fingerprint density at radius 1 is 1.07 bits per heavy atom. The highest BCUT2D eigenvalue weighted by Crippen LogP contribution is 2.41. The molecule has 1 saturated carbocycles. The highest BCUT2D eigenvalue weighted by atomic mass is 35.5. The summed E-state index contributed by atoms with van der Waals surface area (Å²) in [6, 6.07) is 12.3. The number of carbonyl (C=O) groups is 1.